The van der Waals surface area contributed by atoms with Gasteiger partial charge in [-0.25, -0.2) is 9.59 Å². The molecule has 0 spiro atoms. The Balaban J connectivity index is 1.80. The van der Waals surface area contributed by atoms with Crippen molar-refractivity contribution in [1.82, 2.24) is 9.55 Å². The highest BCUT2D eigenvalue weighted by Crippen LogP contribution is 2.19. The van der Waals surface area contributed by atoms with E-state index < -0.39 is 24.2 Å². The number of nitrogen functional groups attached to an aromatic ring is 1. The van der Waals surface area contributed by atoms with Crippen LogP contribution in [-0.4, -0.2) is 41.6 Å². The third kappa shape index (κ3) is 4.30. The molecule has 22 heavy (non-hydrogen) atoms. The lowest BCUT2D eigenvalue weighted by molar-refractivity contribution is -0.137. The Morgan fingerprint density at radius 2 is 2.45 bits per heavy atom. The van der Waals surface area contributed by atoms with Crippen molar-refractivity contribution in [2.24, 2.45) is 0 Å². The number of esters is 1. The minimum Gasteiger partial charge on any atom is -0.496 e. The summed E-state index contributed by atoms with van der Waals surface area (Å²) in [6, 6.07) is 1.50. The average molecular weight is 311 g/mol. The number of carbonyl (C=O) groups excluding carboxylic acids is 1. The van der Waals surface area contributed by atoms with Crippen LogP contribution in [0.2, 0.25) is 0 Å². The zero-order chi connectivity index (χ0) is 15.9. The number of hydrogen-bond acceptors (Lipinski definition) is 8. The van der Waals surface area contributed by atoms with Crippen molar-refractivity contribution < 1.29 is 23.7 Å². The molecule has 0 amide bonds. The van der Waals surface area contributed by atoms with Crippen LogP contribution >= 0.6 is 0 Å². The van der Waals surface area contributed by atoms with E-state index in [9.17, 15) is 9.59 Å². The van der Waals surface area contributed by atoms with Crippen molar-refractivity contribution >= 4 is 11.8 Å². The SMILES string of the molecule is CCOC(=O)/C=C/OC[C@H]1OC[C@@H](n2ccc(N)nc2=O)O1. The summed E-state index contributed by atoms with van der Waals surface area (Å²) in [4.78, 5) is 26.3. The van der Waals surface area contributed by atoms with Crippen LogP contribution in [0, 0.1) is 0 Å². The lowest BCUT2D eigenvalue weighted by Crippen LogP contribution is -2.28. The molecule has 1 aliphatic heterocycles. The number of ether oxygens (including phenoxy) is 4. The van der Waals surface area contributed by atoms with Crippen LogP contribution in [0.5, 0.6) is 0 Å². The first-order valence-electron chi connectivity index (χ1n) is 6.66. The number of nitrogens with two attached hydrogens (primary N) is 1. The molecule has 1 aliphatic rings. The van der Waals surface area contributed by atoms with Crippen LogP contribution in [0.3, 0.4) is 0 Å². The molecule has 1 aromatic heterocycles. The second-order valence-electron chi connectivity index (χ2n) is 4.28. The summed E-state index contributed by atoms with van der Waals surface area (Å²) in [6.45, 7) is 2.26. The van der Waals surface area contributed by atoms with E-state index in [2.05, 4.69) is 9.72 Å². The second-order valence-corrected chi connectivity index (χ2v) is 4.28. The maximum atomic E-state index is 11.7. The smallest absolute Gasteiger partial charge is 0.351 e. The Morgan fingerprint density at radius 1 is 1.64 bits per heavy atom. The van der Waals surface area contributed by atoms with Crippen LogP contribution in [-0.2, 0) is 23.7 Å². The second kappa shape index (κ2) is 7.57. The summed E-state index contributed by atoms with van der Waals surface area (Å²) in [7, 11) is 0. The van der Waals surface area contributed by atoms with E-state index >= 15 is 0 Å². The quantitative estimate of drug-likeness (QED) is 0.436. The highest BCUT2D eigenvalue weighted by atomic mass is 16.7. The summed E-state index contributed by atoms with van der Waals surface area (Å²) in [6.07, 6.45) is 2.60. The summed E-state index contributed by atoms with van der Waals surface area (Å²) in [5.41, 5.74) is 4.90. The maximum absolute atomic E-state index is 11.7. The molecule has 1 saturated heterocycles. The Hall–Kier alpha value is -2.39. The Bertz CT molecular complexity index is 600. The Morgan fingerprint density at radius 3 is 3.18 bits per heavy atom. The zero-order valence-corrected chi connectivity index (χ0v) is 12.0. The van der Waals surface area contributed by atoms with Gasteiger partial charge >= 0.3 is 11.7 Å². The molecule has 2 heterocycles. The van der Waals surface area contributed by atoms with Gasteiger partial charge in [0.05, 0.1) is 25.6 Å². The van der Waals surface area contributed by atoms with E-state index in [1.807, 2.05) is 0 Å². The molecule has 2 rings (SSSR count). The highest BCUT2D eigenvalue weighted by Gasteiger charge is 2.28. The fourth-order valence-electron chi connectivity index (χ4n) is 1.75. The van der Waals surface area contributed by atoms with Crippen molar-refractivity contribution in [1.29, 1.82) is 0 Å². The Labute approximate surface area is 126 Å². The Kier molecular flexibility index (Phi) is 5.50. The normalized spacial score (nSPS) is 21.1. The van der Waals surface area contributed by atoms with Crippen molar-refractivity contribution in [3.05, 3.63) is 35.1 Å². The van der Waals surface area contributed by atoms with Crippen LogP contribution in [0.4, 0.5) is 5.82 Å². The minimum absolute atomic E-state index is 0.0730. The molecule has 120 valence electrons. The fraction of sp³-hybridized carbons (Fsp3) is 0.462. The minimum atomic E-state index is -0.652. The van der Waals surface area contributed by atoms with E-state index in [1.54, 1.807) is 6.92 Å². The number of aromatic nitrogens is 2. The molecule has 9 heteroatoms. The van der Waals surface area contributed by atoms with Crippen molar-refractivity contribution in [3.63, 3.8) is 0 Å². The van der Waals surface area contributed by atoms with Gasteiger partial charge in [-0.3, -0.25) is 4.57 Å². The molecule has 2 N–H and O–H groups in total. The lowest BCUT2D eigenvalue weighted by Gasteiger charge is -2.12. The molecular weight excluding hydrogens is 294 g/mol. The van der Waals surface area contributed by atoms with Crippen molar-refractivity contribution in [2.75, 3.05) is 25.6 Å². The van der Waals surface area contributed by atoms with E-state index in [0.29, 0.717) is 6.61 Å². The molecule has 1 aromatic rings. The first-order valence-corrected chi connectivity index (χ1v) is 6.66. The largest absolute Gasteiger partial charge is 0.496 e. The number of nitrogens with zero attached hydrogens (tertiary/aromatic N) is 2. The molecule has 0 saturated carbocycles. The topological polar surface area (TPSA) is 115 Å². The summed E-state index contributed by atoms with van der Waals surface area (Å²) >= 11 is 0. The van der Waals surface area contributed by atoms with Gasteiger partial charge in [-0.15, -0.1) is 0 Å². The van der Waals surface area contributed by atoms with Crippen LogP contribution in [0.15, 0.2) is 29.4 Å². The van der Waals surface area contributed by atoms with Crippen LogP contribution in [0.1, 0.15) is 13.2 Å². The first-order chi connectivity index (χ1) is 10.6. The van der Waals surface area contributed by atoms with Crippen LogP contribution in [0.25, 0.3) is 0 Å². The van der Waals surface area contributed by atoms with Gasteiger partial charge in [0.1, 0.15) is 12.4 Å². The summed E-state index contributed by atoms with van der Waals surface area (Å²) in [5, 5.41) is 0. The molecule has 0 aliphatic carbocycles. The molecule has 0 radical (unpaired) electrons. The summed E-state index contributed by atoms with van der Waals surface area (Å²) < 4.78 is 21.9. The van der Waals surface area contributed by atoms with Gasteiger partial charge in [0, 0.05) is 6.20 Å². The maximum Gasteiger partial charge on any atom is 0.351 e. The molecule has 1 fully saturated rings. The first kappa shape index (κ1) is 16.0. The van der Waals surface area contributed by atoms with Gasteiger partial charge in [0.25, 0.3) is 0 Å². The standard InChI is InChI=1S/C13H17N3O6/c1-2-20-11(17)4-6-19-8-12-21-7-10(22-12)16-5-3-9(14)15-13(16)18/h3-6,10,12H,2,7-8H2,1H3,(H2,14,15,18)/b6-4+/t10-,12-/m0/s1. The highest BCUT2D eigenvalue weighted by molar-refractivity contribution is 5.81. The number of carbonyl (C=O) groups is 1. The number of hydrogen-bond donors (Lipinski definition) is 1. The van der Waals surface area contributed by atoms with E-state index in [1.165, 1.54) is 23.1 Å². The monoisotopic (exact) mass is 311 g/mol. The number of rotatable bonds is 6. The lowest BCUT2D eigenvalue weighted by atomic mass is 10.5. The van der Waals surface area contributed by atoms with Gasteiger partial charge < -0.3 is 24.7 Å². The molecular formula is C13H17N3O6. The molecule has 0 bridgehead atoms. The van der Waals surface area contributed by atoms with Crippen molar-refractivity contribution in [2.45, 2.75) is 19.4 Å². The van der Waals surface area contributed by atoms with Gasteiger partial charge in [-0.05, 0) is 13.0 Å². The van der Waals surface area contributed by atoms with Gasteiger partial charge in [-0.2, -0.15) is 4.98 Å². The van der Waals surface area contributed by atoms with E-state index in [0.717, 1.165) is 6.08 Å². The van der Waals surface area contributed by atoms with E-state index in [4.69, 9.17) is 19.9 Å². The molecule has 0 unspecified atom stereocenters. The predicted molar refractivity (Wildman–Crippen MR) is 74.5 cm³/mol. The fourth-order valence-corrected chi connectivity index (χ4v) is 1.75. The zero-order valence-electron chi connectivity index (χ0n) is 12.0. The molecule has 0 aromatic carbocycles. The average Bonchev–Trinajstić information content (AvgIpc) is 2.92. The third-order valence-electron chi connectivity index (χ3n) is 2.71. The van der Waals surface area contributed by atoms with Gasteiger partial charge in [0.2, 0.25) is 0 Å². The number of anilines is 1. The van der Waals surface area contributed by atoms with E-state index in [-0.39, 0.29) is 19.0 Å². The third-order valence-corrected chi connectivity index (χ3v) is 2.71. The van der Waals surface area contributed by atoms with Gasteiger partial charge in [0.15, 0.2) is 12.5 Å². The van der Waals surface area contributed by atoms with Crippen molar-refractivity contribution in [3.8, 4) is 0 Å². The molecule has 2 atom stereocenters. The van der Waals surface area contributed by atoms with Gasteiger partial charge in [-0.1, -0.05) is 0 Å². The summed E-state index contributed by atoms with van der Waals surface area (Å²) in [5.74, 6) is -0.350. The predicted octanol–water partition coefficient (Wildman–Crippen LogP) is -0.210. The molecule has 9 nitrogen and oxygen atoms in total. The van der Waals surface area contributed by atoms with Crippen LogP contribution < -0.4 is 11.4 Å².